The summed E-state index contributed by atoms with van der Waals surface area (Å²) in [4.78, 5) is 20.4. The second-order valence-electron chi connectivity index (χ2n) is 4.65. The number of hydrogen-bond acceptors (Lipinski definition) is 7. The van der Waals surface area contributed by atoms with E-state index in [1.54, 1.807) is 25.3 Å². The molecule has 8 heteroatoms. The fraction of sp³-hybridized carbons (Fsp3) is 0.200. The summed E-state index contributed by atoms with van der Waals surface area (Å²) < 4.78 is 53.7. The van der Waals surface area contributed by atoms with E-state index in [0.717, 1.165) is 0 Å². The number of hydrogen-bond donors (Lipinski definition) is 1. The summed E-state index contributed by atoms with van der Waals surface area (Å²) in [7, 11) is -5.94. The third kappa shape index (κ3) is 2.54. The Kier molecular flexibility index (Phi) is 2.20. The predicted octanol–water partition coefficient (Wildman–Crippen LogP) is 1.48. The molecule has 0 fully saturated rings. The number of fused-ring (bicyclic) bond motifs is 1. The van der Waals surface area contributed by atoms with Crippen LogP contribution >= 0.6 is 0 Å². The molecule has 118 valence electrons. The summed E-state index contributed by atoms with van der Waals surface area (Å²) in [5.74, 6) is -1.79. The van der Waals surface area contributed by atoms with Gasteiger partial charge in [-0.3, -0.25) is 0 Å². The van der Waals surface area contributed by atoms with Gasteiger partial charge < -0.3 is 15.2 Å². The number of methoxy groups -OCH3 is 2. The third-order valence-electron chi connectivity index (χ3n) is 3.25. The number of pyridine rings is 2. The van der Waals surface area contributed by atoms with Crippen molar-refractivity contribution in [3.05, 3.63) is 35.7 Å². The van der Waals surface area contributed by atoms with Crippen LogP contribution in [0.15, 0.2) is 24.4 Å². The van der Waals surface area contributed by atoms with Crippen LogP contribution in [0.2, 0.25) is 0 Å². The standard InChI is InChI=1S/C15H15N5O3/c1-8-10(7-11(14(21)23-3)13(17-8)22-2)9-4-5-20-12(6-9)18-15(16)19-20/h4-7H,1-3H3,(H2,16,19)/i2D3,3D3. The number of carbonyl (C=O) groups excluding carboxylic acids is 1. The van der Waals surface area contributed by atoms with Gasteiger partial charge in [0.05, 0.1) is 22.3 Å². The first-order valence-corrected chi connectivity index (χ1v) is 6.39. The van der Waals surface area contributed by atoms with Crippen molar-refractivity contribution in [2.75, 3.05) is 19.8 Å². The molecule has 3 aromatic heterocycles. The summed E-state index contributed by atoms with van der Waals surface area (Å²) >= 11 is 0. The smallest absolute Gasteiger partial charge is 0.343 e. The molecular formula is C15H15N5O3. The van der Waals surface area contributed by atoms with Gasteiger partial charge in [0.15, 0.2) is 5.65 Å². The number of carbonyl (C=O) groups is 1. The van der Waals surface area contributed by atoms with E-state index in [4.69, 9.17) is 18.7 Å². The van der Waals surface area contributed by atoms with E-state index in [-0.39, 0.29) is 5.95 Å². The lowest BCUT2D eigenvalue weighted by Crippen LogP contribution is -2.07. The van der Waals surface area contributed by atoms with Gasteiger partial charge in [0.2, 0.25) is 11.8 Å². The minimum absolute atomic E-state index is 0.0698. The summed E-state index contributed by atoms with van der Waals surface area (Å²) in [5.41, 5.74) is 6.84. The van der Waals surface area contributed by atoms with Crippen molar-refractivity contribution in [1.29, 1.82) is 0 Å². The molecule has 0 aliphatic heterocycles. The van der Waals surface area contributed by atoms with E-state index < -0.39 is 31.5 Å². The van der Waals surface area contributed by atoms with E-state index in [9.17, 15) is 4.79 Å². The van der Waals surface area contributed by atoms with E-state index >= 15 is 0 Å². The molecule has 3 heterocycles. The maximum Gasteiger partial charge on any atom is 0.343 e. The first-order valence-electron chi connectivity index (χ1n) is 9.39. The summed E-state index contributed by atoms with van der Waals surface area (Å²) in [6.07, 6.45) is 1.58. The van der Waals surface area contributed by atoms with Crippen LogP contribution in [0.4, 0.5) is 5.95 Å². The Labute approximate surface area is 140 Å². The average Bonchev–Trinajstić information content (AvgIpc) is 2.90. The number of ether oxygens (including phenoxy) is 2. The second-order valence-corrected chi connectivity index (χ2v) is 4.65. The van der Waals surface area contributed by atoms with E-state index in [0.29, 0.717) is 22.5 Å². The molecule has 0 radical (unpaired) electrons. The molecule has 8 nitrogen and oxygen atoms in total. The van der Waals surface area contributed by atoms with Gasteiger partial charge in [0, 0.05) is 17.5 Å². The lowest BCUT2D eigenvalue weighted by molar-refractivity contribution is 0.0596. The number of nitrogen functional groups attached to an aromatic ring is 1. The first kappa shape index (κ1) is 9.09. The molecule has 0 aliphatic rings. The quantitative estimate of drug-likeness (QED) is 0.729. The topological polar surface area (TPSA) is 105 Å². The van der Waals surface area contributed by atoms with Crippen molar-refractivity contribution in [1.82, 2.24) is 19.6 Å². The van der Waals surface area contributed by atoms with E-state index in [1.807, 2.05) is 0 Å². The highest BCUT2D eigenvalue weighted by atomic mass is 16.5. The largest absolute Gasteiger partial charge is 0.480 e. The van der Waals surface area contributed by atoms with Crippen molar-refractivity contribution in [2.45, 2.75) is 6.92 Å². The molecule has 0 bridgehead atoms. The van der Waals surface area contributed by atoms with E-state index in [2.05, 4.69) is 19.8 Å². The fourth-order valence-corrected chi connectivity index (χ4v) is 2.22. The molecule has 0 saturated carbocycles. The predicted molar refractivity (Wildman–Crippen MR) is 83.3 cm³/mol. The van der Waals surface area contributed by atoms with Crippen molar-refractivity contribution in [2.24, 2.45) is 0 Å². The van der Waals surface area contributed by atoms with Crippen LogP contribution in [0.3, 0.4) is 0 Å². The number of nitrogens with zero attached hydrogens (tertiary/aromatic N) is 4. The molecule has 3 aromatic rings. The van der Waals surface area contributed by atoms with Crippen molar-refractivity contribution >= 4 is 17.6 Å². The number of anilines is 1. The molecule has 0 amide bonds. The Morgan fingerprint density at radius 2 is 2.22 bits per heavy atom. The molecule has 0 aliphatic carbocycles. The zero-order chi connectivity index (χ0) is 21.6. The highest BCUT2D eigenvalue weighted by Gasteiger charge is 2.18. The van der Waals surface area contributed by atoms with Crippen LogP contribution in [0.5, 0.6) is 5.88 Å². The van der Waals surface area contributed by atoms with Crippen LogP contribution in [0.1, 0.15) is 24.3 Å². The Morgan fingerprint density at radius 1 is 1.35 bits per heavy atom. The molecule has 3 rings (SSSR count). The van der Waals surface area contributed by atoms with Gasteiger partial charge in [0.1, 0.15) is 5.56 Å². The maximum atomic E-state index is 12.3. The molecule has 0 atom stereocenters. The monoisotopic (exact) mass is 319 g/mol. The van der Waals surface area contributed by atoms with Gasteiger partial charge in [-0.1, -0.05) is 0 Å². The molecule has 0 saturated heterocycles. The lowest BCUT2D eigenvalue weighted by Gasteiger charge is -2.11. The molecular weight excluding hydrogens is 298 g/mol. The first-order chi connectivity index (χ1) is 13.3. The zero-order valence-electron chi connectivity index (χ0n) is 17.9. The fourth-order valence-electron chi connectivity index (χ4n) is 2.22. The molecule has 23 heavy (non-hydrogen) atoms. The number of rotatable bonds is 3. The minimum atomic E-state index is -3.03. The van der Waals surface area contributed by atoms with Crippen molar-refractivity contribution in [3.63, 3.8) is 0 Å². The van der Waals surface area contributed by atoms with Gasteiger partial charge in [-0.2, -0.15) is 4.98 Å². The number of esters is 1. The maximum absolute atomic E-state index is 12.3. The number of aromatic nitrogens is 4. The summed E-state index contributed by atoms with van der Waals surface area (Å²) in [6.45, 7) is 1.57. The van der Waals surface area contributed by atoms with Gasteiger partial charge in [0.25, 0.3) is 0 Å². The Hall–Kier alpha value is -3.16. The molecule has 0 aromatic carbocycles. The zero-order valence-corrected chi connectivity index (χ0v) is 11.9. The van der Waals surface area contributed by atoms with Gasteiger partial charge >= 0.3 is 5.97 Å². The number of aryl methyl sites for hydroxylation is 1. The summed E-state index contributed by atoms with van der Waals surface area (Å²) in [5, 5.41) is 3.96. The molecule has 0 unspecified atom stereocenters. The van der Waals surface area contributed by atoms with Crippen LogP contribution in [-0.4, -0.2) is 39.6 Å². The van der Waals surface area contributed by atoms with Crippen LogP contribution in [0.25, 0.3) is 16.8 Å². The normalized spacial score (nSPS) is 15.7. The minimum Gasteiger partial charge on any atom is -0.480 e. The Morgan fingerprint density at radius 3 is 3.00 bits per heavy atom. The molecule has 2 N–H and O–H groups in total. The lowest BCUT2D eigenvalue weighted by atomic mass is 10.0. The summed E-state index contributed by atoms with van der Waals surface area (Å²) in [6, 6.07) is 4.52. The molecule has 0 spiro atoms. The Balaban J connectivity index is 2.14. The highest BCUT2D eigenvalue weighted by molar-refractivity contribution is 5.93. The van der Waals surface area contributed by atoms with E-state index in [1.165, 1.54) is 10.6 Å². The van der Waals surface area contributed by atoms with Crippen LogP contribution in [-0.2, 0) is 4.74 Å². The highest BCUT2D eigenvalue weighted by Crippen LogP contribution is 2.28. The third-order valence-corrected chi connectivity index (χ3v) is 3.25. The second kappa shape index (κ2) is 5.56. The van der Waals surface area contributed by atoms with Crippen molar-refractivity contribution in [3.8, 4) is 17.0 Å². The van der Waals surface area contributed by atoms with Gasteiger partial charge in [-0.15, -0.1) is 5.10 Å². The van der Waals surface area contributed by atoms with Gasteiger partial charge in [-0.25, -0.2) is 14.3 Å². The van der Waals surface area contributed by atoms with Gasteiger partial charge in [-0.05, 0) is 30.7 Å². The number of nitrogens with two attached hydrogens (primary N) is 1. The SMILES string of the molecule is [2H]C([2H])([2H])OC(=O)c1cc(-c2ccn3nc(N)nc3c2)c(C)nc1OC([2H])([2H])[2H]. The van der Waals surface area contributed by atoms with Crippen molar-refractivity contribution < 1.29 is 22.5 Å². The Bertz CT molecular complexity index is 1090. The van der Waals surface area contributed by atoms with Crippen LogP contribution < -0.4 is 10.5 Å². The average molecular weight is 319 g/mol. The van der Waals surface area contributed by atoms with Crippen LogP contribution in [0, 0.1) is 6.92 Å².